The van der Waals surface area contributed by atoms with E-state index in [1.165, 1.54) is 38.6 Å². The average Bonchev–Trinajstić information content (AvgIpc) is 3.02. The van der Waals surface area contributed by atoms with Crippen LogP contribution < -0.4 is 5.32 Å². The maximum Gasteiger partial charge on any atom is 0.140 e. The fraction of sp³-hybridized carbons (Fsp3) is 0.909. The molecule has 2 bridgehead atoms. The fourth-order valence-electron chi connectivity index (χ4n) is 2.99. The molecule has 0 amide bonds. The largest absolute Gasteiger partial charge is 0.313 e. The third-order valence-electron chi connectivity index (χ3n) is 3.97. The van der Waals surface area contributed by atoms with Gasteiger partial charge >= 0.3 is 0 Å². The van der Waals surface area contributed by atoms with Crippen LogP contribution in [0.25, 0.3) is 0 Å². The zero-order chi connectivity index (χ0) is 8.84. The van der Waals surface area contributed by atoms with Crippen LogP contribution in [0.15, 0.2) is 0 Å². The van der Waals surface area contributed by atoms with Crippen molar-refractivity contribution in [2.75, 3.05) is 6.54 Å². The highest BCUT2D eigenvalue weighted by Crippen LogP contribution is 2.40. The highest BCUT2D eigenvalue weighted by Gasteiger charge is 2.43. The highest BCUT2D eigenvalue weighted by atomic mass is 16.1. The van der Waals surface area contributed by atoms with Gasteiger partial charge in [-0.15, -0.1) is 0 Å². The fourth-order valence-corrected chi connectivity index (χ4v) is 2.99. The van der Waals surface area contributed by atoms with Crippen LogP contribution in [0.5, 0.6) is 0 Å². The molecule has 4 fully saturated rings. The van der Waals surface area contributed by atoms with Gasteiger partial charge in [0.05, 0.1) is 0 Å². The van der Waals surface area contributed by atoms with Gasteiger partial charge in [-0.2, -0.15) is 0 Å². The molecule has 4 aliphatic rings. The van der Waals surface area contributed by atoms with Crippen LogP contribution in [0.2, 0.25) is 0 Å². The molecule has 72 valence electrons. The lowest BCUT2D eigenvalue weighted by Crippen LogP contribution is -2.52. The molecule has 2 heterocycles. The van der Waals surface area contributed by atoms with E-state index in [4.69, 9.17) is 0 Å². The molecular formula is C11H17NO. The Bertz CT molecular complexity index is 226. The molecule has 2 nitrogen and oxygen atoms in total. The molecule has 2 saturated heterocycles. The predicted octanol–water partition coefficient (Wildman–Crippen LogP) is 1.35. The van der Waals surface area contributed by atoms with Gasteiger partial charge in [0.2, 0.25) is 0 Å². The van der Waals surface area contributed by atoms with Gasteiger partial charge < -0.3 is 5.32 Å². The first-order valence-electron chi connectivity index (χ1n) is 5.61. The molecule has 2 aliphatic heterocycles. The Morgan fingerprint density at radius 3 is 2.46 bits per heavy atom. The maximum absolute atomic E-state index is 11.9. The van der Waals surface area contributed by atoms with E-state index in [2.05, 4.69) is 5.32 Å². The van der Waals surface area contributed by atoms with Crippen LogP contribution >= 0.6 is 0 Å². The van der Waals surface area contributed by atoms with E-state index in [1.807, 2.05) is 0 Å². The number of Topliss-reactive ketones (excluding diaryl/α,β-unsaturated/α-hetero) is 1. The molecule has 13 heavy (non-hydrogen) atoms. The molecule has 0 spiro atoms. The summed E-state index contributed by atoms with van der Waals surface area (Å²) < 4.78 is 0. The van der Waals surface area contributed by atoms with Gasteiger partial charge in [0.25, 0.3) is 0 Å². The van der Waals surface area contributed by atoms with Crippen molar-refractivity contribution in [3.63, 3.8) is 0 Å². The summed E-state index contributed by atoms with van der Waals surface area (Å²) in [4.78, 5) is 11.9. The summed E-state index contributed by atoms with van der Waals surface area (Å²) in [6.45, 7) is 1.17. The van der Waals surface area contributed by atoms with Crippen LogP contribution in [-0.4, -0.2) is 18.4 Å². The van der Waals surface area contributed by atoms with Crippen molar-refractivity contribution >= 4 is 5.78 Å². The number of hydrogen-bond donors (Lipinski definition) is 1. The standard InChI is InChI=1S/C11H17NO/c13-11(8-2-3-8)9-5-7-1-4-10(9)12-6-7/h7-10,12H,1-6H2/t7-,9?,10+/m1/s1. The summed E-state index contributed by atoms with van der Waals surface area (Å²) in [7, 11) is 0. The van der Waals surface area contributed by atoms with Crippen LogP contribution in [0.1, 0.15) is 32.1 Å². The van der Waals surface area contributed by atoms with Crippen LogP contribution in [0.4, 0.5) is 0 Å². The SMILES string of the molecule is O=C(C1CC1)C1C[C@H]2CC[C@@H]1NC2. The maximum atomic E-state index is 11.9. The molecule has 1 N–H and O–H groups in total. The zero-order valence-electron chi connectivity index (χ0n) is 7.96. The van der Waals surface area contributed by atoms with E-state index in [9.17, 15) is 4.79 Å². The van der Waals surface area contributed by atoms with Gasteiger partial charge in [-0.3, -0.25) is 4.79 Å². The topological polar surface area (TPSA) is 29.1 Å². The lowest BCUT2D eigenvalue weighted by Gasteiger charge is -2.42. The van der Waals surface area contributed by atoms with E-state index >= 15 is 0 Å². The second-order valence-corrected chi connectivity index (χ2v) is 4.98. The van der Waals surface area contributed by atoms with Crippen molar-refractivity contribution in [3.05, 3.63) is 0 Å². The molecule has 1 unspecified atom stereocenters. The molecule has 2 heteroatoms. The number of carbonyl (C=O) groups is 1. The number of ketones is 1. The van der Waals surface area contributed by atoms with Gasteiger partial charge in [-0.25, -0.2) is 0 Å². The minimum absolute atomic E-state index is 0.389. The molecule has 3 atom stereocenters. The Kier molecular flexibility index (Phi) is 1.72. The summed E-state index contributed by atoms with van der Waals surface area (Å²) in [5.74, 6) is 2.24. The number of piperidine rings is 2. The van der Waals surface area contributed by atoms with Gasteiger partial charge in [0.15, 0.2) is 0 Å². The van der Waals surface area contributed by atoms with Gasteiger partial charge in [-0.1, -0.05) is 0 Å². The molecule has 4 rings (SSSR count). The number of nitrogens with one attached hydrogen (secondary N) is 1. The first-order valence-corrected chi connectivity index (χ1v) is 5.61. The molecule has 2 aliphatic carbocycles. The normalized spacial score (nSPS) is 43.5. The molecule has 2 saturated carbocycles. The average molecular weight is 179 g/mol. The summed E-state index contributed by atoms with van der Waals surface area (Å²) in [5, 5.41) is 3.51. The van der Waals surface area contributed by atoms with Crippen molar-refractivity contribution in [1.29, 1.82) is 0 Å². The van der Waals surface area contributed by atoms with Gasteiger partial charge in [0.1, 0.15) is 5.78 Å². The van der Waals surface area contributed by atoms with Crippen LogP contribution in [-0.2, 0) is 4.79 Å². The van der Waals surface area contributed by atoms with E-state index in [-0.39, 0.29) is 0 Å². The predicted molar refractivity (Wildman–Crippen MR) is 50.4 cm³/mol. The summed E-state index contributed by atoms with van der Waals surface area (Å²) in [5.41, 5.74) is 0. The van der Waals surface area contributed by atoms with Crippen molar-refractivity contribution in [2.45, 2.75) is 38.1 Å². The number of hydrogen-bond acceptors (Lipinski definition) is 2. The third-order valence-corrected chi connectivity index (χ3v) is 3.97. The van der Waals surface area contributed by atoms with Crippen molar-refractivity contribution in [1.82, 2.24) is 5.32 Å². The first-order chi connectivity index (χ1) is 6.34. The van der Waals surface area contributed by atoms with E-state index in [1.54, 1.807) is 0 Å². The lowest BCUT2D eigenvalue weighted by atomic mass is 9.71. The van der Waals surface area contributed by atoms with Gasteiger partial charge in [0, 0.05) is 17.9 Å². The quantitative estimate of drug-likeness (QED) is 0.693. The number of carbonyl (C=O) groups excluding carboxylic acids is 1. The van der Waals surface area contributed by atoms with Crippen molar-refractivity contribution in [2.24, 2.45) is 17.8 Å². The Morgan fingerprint density at radius 2 is 2.00 bits per heavy atom. The minimum Gasteiger partial charge on any atom is -0.313 e. The number of fused-ring (bicyclic) bond motifs is 3. The molecule has 0 aromatic carbocycles. The Morgan fingerprint density at radius 1 is 1.15 bits per heavy atom. The number of rotatable bonds is 2. The Labute approximate surface area is 79.1 Å². The lowest BCUT2D eigenvalue weighted by molar-refractivity contribution is -0.127. The summed E-state index contributed by atoms with van der Waals surface area (Å²) >= 11 is 0. The van der Waals surface area contributed by atoms with E-state index < -0.39 is 0 Å². The van der Waals surface area contributed by atoms with E-state index in [0.717, 1.165) is 5.92 Å². The zero-order valence-corrected chi connectivity index (χ0v) is 7.96. The second-order valence-electron chi connectivity index (χ2n) is 4.98. The molecule has 0 aromatic rings. The van der Waals surface area contributed by atoms with Crippen molar-refractivity contribution in [3.8, 4) is 0 Å². The Hall–Kier alpha value is -0.370. The highest BCUT2D eigenvalue weighted by molar-refractivity contribution is 5.86. The van der Waals surface area contributed by atoms with Crippen LogP contribution in [0.3, 0.4) is 0 Å². The Balaban J connectivity index is 1.73. The third kappa shape index (κ3) is 1.32. The summed E-state index contributed by atoms with van der Waals surface area (Å²) in [6.07, 6.45) is 6.13. The molecule has 0 radical (unpaired) electrons. The molecular weight excluding hydrogens is 162 g/mol. The van der Waals surface area contributed by atoms with Crippen molar-refractivity contribution < 1.29 is 4.79 Å². The van der Waals surface area contributed by atoms with Gasteiger partial charge in [-0.05, 0) is 44.6 Å². The smallest absolute Gasteiger partial charge is 0.140 e. The molecule has 0 aromatic heterocycles. The minimum atomic E-state index is 0.389. The van der Waals surface area contributed by atoms with Crippen LogP contribution in [0, 0.1) is 17.8 Å². The monoisotopic (exact) mass is 179 g/mol. The first kappa shape index (κ1) is 7.98. The summed E-state index contributed by atoms with van der Waals surface area (Å²) in [6, 6.07) is 0.540. The van der Waals surface area contributed by atoms with E-state index in [0.29, 0.717) is 23.7 Å². The second kappa shape index (κ2) is 2.81.